The largest absolute Gasteiger partial charge is 0.390 e. The maximum atomic E-state index is 12.2. The van der Waals surface area contributed by atoms with Crippen LogP contribution in [-0.4, -0.2) is 48.2 Å². The third kappa shape index (κ3) is 2.62. The minimum Gasteiger partial charge on any atom is -0.390 e. The van der Waals surface area contributed by atoms with E-state index in [2.05, 4.69) is 5.32 Å². The second kappa shape index (κ2) is 5.45. The maximum absolute atomic E-state index is 12.2. The molecular formula is C12H14Cl2N2O2. The number of carbonyl (C=O) groups excluding carboxylic acids is 1. The number of hydrogen-bond donors (Lipinski definition) is 2. The normalized spacial score (nSPS) is 23.1. The molecular weight excluding hydrogens is 275 g/mol. The molecule has 4 nitrogen and oxygen atoms in total. The predicted octanol–water partition coefficient (Wildman–Crippen LogP) is 1.40. The number of benzene rings is 1. The Hall–Kier alpha value is -0.810. The molecule has 0 unspecified atom stereocenters. The summed E-state index contributed by atoms with van der Waals surface area (Å²) in [4.78, 5) is 13.8. The van der Waals surface area contributed by atoms with Crippen molar-refractivity contribution in [3.8, 4) is 0 Å². The van der Waals surface area contributed by atoms with E-state index in [9.17, 15) is 9.90 Å². The second-order valence-corrected chi connectivity index (χ2v) is 5.15. The molecule has 1 aliphatic rings. The predicted molar refractivity (Wildman–Crippen MR) is 71.2 cm³/mol. The van der Waals surface area contributed by atoms with Crippen molar-refractivity contribution in [2.45, 2.75) is 12.1 Å². The first-order chi connectivity index (χ1) is 8.50. The molecule has 0 spiro atoms. The Morgan fingerprint density at radius 3 is 2.67 bits per heavy atom. The van der Waals surface area contributed by atoms with Gasteiger partial charge < -0.3 is 15.3 Å². The van der Waals surface area contributed by atoms with Crippen molar-refractivity contribution in [1.82, 2.24) is 10.2 Å². The lowest BCUT2D eigenvalue weighted by Gasteiger charge is -2.26. The molecule has 98 valence electrons. The van der Waals surface area contributed by atoms with E-state index in [0.29, 0.717) is 28.7 Å². The molecule has 0 aromatic heterocycles. The number of β-amino-alcohol motifs (C(OH)–C–C–N with tert-alkyl or cyclic N) is 1. The number of rotatable bonds is 2. The van der Waals surface area contributed by atoms with Crippen molar-refractivity contribution in [3.05, 3.63) is 33.8 Å². The highest BCUT2D eigenvalue weighted by Gasteiger charge is 2.31. The fraction of sp³-hybridized carbons (Fsp3) is 0.417. The highest BCUT2D eigenvalue weighted by Crippen LogP contribution is 2.23. The minimum atomic E-state index is -0.540. The summed E-state index contributed by atoms with van der Waals surface area (Å²) < 4.78 is 0. The molecule has 1 saturated heterocycles. The number of aliphatic hydroxyl groups excluding tert-OH is 1. The summed E-state index contributed by atoms with van der Waals surface area (Å²) in [6.45, 7) is 1.09. The summed E-state index contributed by atoms with van der Waals surface area (Å²) in [5.74, 6) is -0.179. The van der Waals surface area contributed by atoms with Gasteiger partial charge in [-0.25, -0.2) is 0 Å². The Kier molecular flexibility index (Phi) is 4.12. The molecule has 18 heavy (non-hydrogen) atoms. The van der Waals surface area contributed by atoms with E-state index in [1.807, 2.05) is 0 Å². The summed E-state index contributed by atoms with van der Waals surface area (Å²) in [5, 5.41) is 13.6. The fourth-order valence-electron chi connectivity index (χ4n) is 2.03. The van der Waals surface area contributed by atoms with Crippen LogP contribution in [0.25, 0.3) is 0 Å². The van der Waals surface area contributed by atoms with Crippen LogP contribution in [0, 0.1) is 0 Å². The number of carbonyl (C=O) groups is 1. The van der Waals surface area contributed by atoms with E-state index < -0.39 is 6.10 Å². The highest BCUT2D eigenvalue weighted by atomic mass is 35.5. The quantitative estimate of drug-likeness (QED) is 0.865. The maximum Gasteiger partial charge on any atom is 0.254 e. The van der Waals surface area contributed by atoms with Gasteiger partial charge in [0.1, 0.15) is 0 Å². The molecule has 1 aromatic carbocycles. The van der Waals surface area contributed by atoms with Gasteiger partial charge in [0.05, 0.1) is 22.2 Å². The summed E-state index contributed by atoms with van der Waals surface area (Å²) in [7, 11) is 1.67. The Morgan fingerprint density at radius 1 is 1.39 bits per heavy atom. The zero-order valence-corrected chi connectivity index (χ0v) is 11.4. The van der Waals surface area contributed by atoms with Gasteiger partial charge in [-0.1, -0.05) is 23.2 Å². The van der Waals surface area contributed by atoms with Gasteiger partial charge in [0.15, 0.2) is 0 Å². The first kappa shape index (κ1) is 13.6. The molecule has 2 N–H and O–H groups in total. The Balaban J connectivity index is 2.17. The van der Waals surface area contributed by atoms with Crippen molar-refractivity contribution in [3.63, 3.8) is 0 Å². The van der Waals surface area contributed by atoms with Gasteiger partial charge in [0, 0.05) is 25.7 Å². The van der Waals surface area contributed by atoms with Crippen molar-refractivity contribution >= 4 is 29.1 Å². The van der Waals surface area contributed by atoms with E-state index >= 15 is 0 Å². The van der Waals surface area contributed by atoms with Crippen LogP contribution in [0.15, 0.2) is 18.2 Å². The van der Waals surface area contributed by atoms with Gasteiger partial charge in [-0.15, -0.1) is 0 Å². The van der Waals surface area contributed by atoms with Crippen LogP contribution in [0.1, 0.15) is 10.4 Å². The lowest BCUT2D eigenvalue weighted by Crippen LogP contribution is -2.44. The number of nitrogens with one attached hydrogen (secondary N) is 1. The first-order valence-corrected chi connectivity index (χ1v) is 6.37. The molecule has 1 amide bonds. The average Bonchev–Trinajstić information content (AvgIpc) is 2.77. The molecule has 1 aromatic rings. The highest BCUT2D eigenvalue weighted by molar-refractivity contribution is 6.42. The molecule has 1 heterocycles. The van der Waals surface area contributed by atoms with Crippen molar-refractivity contribution < 1.29 is 9.90 Å². The topological polar surface area (TPSA) is 52.6 Å². The van der Waals surface area contributed by atoms with Crippen LogP contribution in [0.2, 0.25) is 10.0 Å². The standard InChI is InChI=1S/C12H14Cl2N2O2/c1-16(10-5-15-6-11(10)17)12(18)7-2-3-8(13)9(14)4-7/h2-4,10-11,15,17H,5-6H2,1H3/t10-,11-/m1/s1. The van der Waals surface area contributed by atoms with E-state index in [0.717, 1.165) is 0 Å². The summed E-state index contributed by atoms with van der Waals surface area (Å²) in [6, 6.07) is 4.54. The third-order valence-corrected chi connectivity index (χ3v) is 3.87. The molecule has 0 radical (unpaired) electrons. The van der Waals surface area contributed by atoms with Crippen molar-refractivity contribution in [2.75, 3.05) is 20.1 Å². The second-order valence-electron chi connectivity index (χ2n) is 4.34. The molecule has 6 heteroatoms. The minimum absolute atomic E-state index is 0.179. The van der Waals surface area contributed by atoms with E-state index in [1.54, 1.807) is 19.2 Å². The van der Waals surface area contributed by atoms with Crippen LogP contribution in [-0.2, 0) is 0 Å². The fourth-order valence-corrected chi connectivity index (χ4v) is 2.33. The SMILES string of the molecule is CN(C(=O)c1ccc(Cl)c(Cl)c1)[C@@H]1CNC[C@H]1O. The van der Waals surface area contributed by atoms with Gasteiger partial charge in [-0.3, -0.25) is 4.79 Å². The summed E-state index contributed by atoms with van der Waals surface area (Å²) in [6.07, 6.45) is -0.540. The third-order valence-electron chi connectivity index (χ3n) is 3.14. The van der Waals surface area contributed by atoms with Crippen LogP contribution < -0.4 is 5.32 Å². The number of amides is 1. The number of hydrogen-bond acceptors (Lipinski definition) is 3. The Bertz CT molecular complexity index is 467. The van der Waals surface area contributed by atoms with Gasteiger partial charge in [0.25, 0.3) is 5.91 Å². The first-order valence-electron chi connectivity index (χ1n) is 5.61. The summed E-state index contributed by atoms with van der Waals surface area (Å²) >= 11 is 11.7. The molecule has 1 fully saturated rings. The molecule has 0 saturated carbocycles. The zero-order chi connectivity index (χ0) is 13.3. The van der Waals surface area contributed by atoms with Crippen LogP contribution in [0.5, 0.6) is 0 Å². The average molecular weight is 289 g/mol. The molecule has 2 rings (SSSR count). The van der Waals surface area contributed by atoms with Crippen LogP contribution in [0.3, 0.4) is 0 Å². The molecule has 2 atom stereocenters. The van der Waals surface area contributed by atoms with Gasteiger partial charge in [0.2, 0.25) is 0 Å². The monoisotopic (exact) mass is 288 g/mol. The van der Waals surface area contributed by atoms with Crippen molar-refractivity contribution in [2.24, 2.45) is 0 Å². The molecule has 1 aliphatic heterocycles. The van der Waals surface area contributed by atoms with Crippen LogP contribution >= 0.6 is 23.2 Å². The van der Waals surface area contributed by atoms with E-state index in [4.69, 9.17) is 23.2 Å². The zero-order valence-electron chi connectivity index (χ0n) is 9.86. The van der Waals surface area contributed by atoms with Crippen molar-refractivity contribution in [1.29, 1.82) is 0 Å². The molecule has 0 aliphatic carbocycles. The van der Waals surface area contributed by atoms with Gasteiger partial charge >= 0.3 is 0 Å². The lowest BCUT2D eigenvalue weighted by molar-refractivity contribution is 0.0581. The molecule has 0 bridgehead atoms. The smallest absolute Gasteiger partial charge is 0.254 e. The Morgan fingerprint density at radius 2 is 2.11 bits per heavy atom. The number of aliphatic hydroxyl groups is 1. The van der Waals surface area contributed by atoms with Gasteiger partial charge in [-0.05, 0) is 18.2 Å². The van der Waals surface area contributed by atoms with E-state index in [1.165, 1.54) is 11.0 Å². The number of nitrogens with zero attached hydrogens (tertiary/aromatic N) is 1. The summed E-state index contributed by atoms with van der Waals surface area (Å²) in [5.41, 5.74) is 0.464. The lowest BCUT2D eigenvalue weighted by atomic mass is 10.1. The number of halogens is 2. The Labute approximate surface area is 115 Å². The van der Waals surface area contributed by atoms with Crippen LogP contribution in [0.4, 0.5) is 0 Å². The number of likely N-dealkylation sites (N-methyl/N-ethyl adjacent to an activating group) is 1. The van der Waals surface area contributed by atoms with E-state index in [-0.39, 0.29) is 11.9 Å². The van der Waals surface area contributed by atoms with Gasteiger partial charge in [-0.2, -0.15) is 0 Å².